The predicted molar refractivity (Wildman–Crippen MR) is 114 cm³/mol. The zero-order chi connectivity index (χ0) is 16.8. The molecule has 0 unspecified atom stereocenters. The van der Waals surface area contributed by atoms with Crippen molar-refractivity contribution in [3.05, 3.63) is 33.5 Å². The third-order valence-corrected chi connectivity index (χ3v) is 5.97. The third-order valence-electron chi connectivity index (χ3n) is 4.90. The highest BCUT2D eigenvalue weighted by atomic mass is 35.5. The van der Waals surface area contributed by atoms with Crippen LogP contribution in [-0.4, -0.2) is 39.1 Å². The first-order valence-electron chi connectivity index (χ1n) is 8.55. The SMILES string of the molecule is Cc1cc(C)c2c(n1)sc1c(=O)n(CCN3CCCC3)c(C)nc12.Cl.Cl. The Morgan fingerprint density at radius 2 is 1.77 bits per heavy atom. The molecule has 3 aromatic rings. The Morgan fingerprint density at radius 1 is 1.08 bits per heavy atom. The maximum atomic E-state index is 13.0. The fourth-order valence-corrected chi connectivity index (χ4v) is 4.86. The number of aromatic nitrogens is 3. The van der Waals surface area contributed by atoms with Gasteiger partial charge in [-0.2, -0.15) is 0 Å². The van der Waals surface area contributed by atoms with Crippen LogP contribution in [0.5, 0.6) is 0 Å². The number of likely N-dealkylation sites (tertiary alicyclic amines) is 1. The molecule has 8 heteroatoms. The molecule has 0 N–H and O–H groups in total. The second kappa shape index (κ2) is 8.21. The van der Waals surface area contributed by atoms with Crippen LogP contribution in [0.3, 0.4) is 0 Å². The largest absolute Gasteiger partial charge is 0.302 e. The van der Waals surface area contributed by atoms with Gasteiger partial charge in [0.1, 0.15) is 15.4 Å². The van der Waals surface area contributed by atoms with Crippen molar-refractivity contribution in [3.63, 3.8) is 0 Å². The summed E-state index contributed by atoms with van der Waals surface area (Å²) in [4.78, 5) is 25.7. The summed E-state index contributed by atoms with van der Waals surface area (Å²) < 4.78 is 2.57. The van der Waals surface area contributed by atoms with Crippen molar-refractivity contribution in [3.8, 4) is 0 Å². The molecule has 0 aliphatic carbocycles. The van der Waals surface area contributed by atoms with Crippen molar-refractivity contribution in [1.82, 2.24) is 19.4 Å². The van der Waals surface area contributed by atoms with Gasteiger partial charge in [-0.1, -0.05) is 0 Å². The molecule has 142 valence electrons. The monoisotopic (exact) mass is 414 g/mol. The van der Waals surface area contributed by atoms with Crippen LogP contribution < -0.4 is 5.56 Å². The fraction of sp³-hybridized carbons (Fsp3) is 0.500. The highest BCUT2D eigenvalue weighted by Gasteiger charge is 2.18. The number of nitrogens with zero attached hydrogens (tertiary/aromatic N) is 4. The van der Waals surface area contributed by atoms with Crippen LogP contribution in [0, 0.1) is 20.8 Å². The van der Waals surface area contributed by atoms with E-state index in [9.17, 15) is 4.79 Å². The summed E-state index contributed by atoms with van der Waals surface area (Å²) in [6.07, 6.45) is 2.54. The molecule has 1 aliphatic heterocycles. The van der Waals surface area contributed by atoms with Crippen molar-refractivity contribution in [2.45, 2.75) is 40.2 Å². The maximum Gasteiger partial charge on any atom is 0.271 e. The summed E-state index contributed by atoms with van der Waals surface area (Å²) in [5.74, 6) is 0.798. The minimum Gasteiger partial charge on any atom is -0.302 e. The van der Waals surface area contributed by atoms with E-state index in [0.29, 0.717) is 6.54 Å². The van der Waals surface area contributed by atoms with Crippen molar-refractivity contribution >= 4 is 56.6 Å². The predicted octanol–water partition coefficient (Wildman–Crippen LogP) is 3.87. The minimum atomic E-state index is 0. The van der Waals surface area contributed by atoms with E-state index in [2.05, 4.69) is 22.9 Å². The highest BCUT2D eigenvalue weighted by Crippen LogP contribution is 2.32. The van der Waals surface area contributed by atoms with Gasteiger partial charge in [-0.05, 0) is 58.3 Å². The number of rotatable bonds is 3. The summed E-state index contributed by atoms with van der Waals surface area (Å²) >= 11 is 1.48. The second-order valence-electron chi connectivity index (χ2n) is 6.71. The fourth-order valence-electron chi connectivity index (χ4n) is 3.68. The standard InChI is InChI=1S/C18H22N4OS.2ClH/c1-11-10-12(2)19-17-14(11)15-16(24-17)18(23)22(13(3)20-15)9-8-21-6-4-5-7-21;;/h10H,4-9H2,1-3H3;2*1H. The van der Waals surface area contributed by atoms with E-state index in [4.69, 9.17) is 4.98 Å². The van der Waals surface area contributed by atoms with Gasteiger partial charge in [0.2, 0.25) is 0 Å². The maximum absolute atomic E-state index is 13.0. The molecule has 4 rings (SSSR count). The molecular weight excluding hydrogens is 391 g/mol. The van der Waals surface area contributed by atoms with Gasteiger partial charge in [0, 0.05) is 24.2 Å². The number of hydrogen-bond acceptors (Lipinski definition) is 5. The molecule has 26 heavy (non-hydrogen) atoms. The van der Waals surface area contributed by atoms with Crippen molar-refractivity contribution < 1.29 is 0 Å². The number of fused-ring (bicyclic) bond motifs is 3. The Morgan fingerprint density at radius 3 is 2.46 bits per heavy atom. The quantitative estimate of drug-likeness (QED) is 0.652. The zero-order valence-corrected chi connectivity index (χ0v) is 17.7. The Labute approximate surface area is 169 Å². The van der Waals surface area contributed by atoms with Gasteiger partial charge < -0.3 is 4.90 Å². The number of thiophene rings is 1. The lowest BCUT2D eigenvalue weighted by atomic mass is 10.1. The van der Waals surface area contributed by atoms with E-state index in [1.54, 1.807) is 0 Å². The number of hydrogen-bond donors (Lipinski definition) is 0. The first-order valence-corrected chi connectivity index (χ1v) is 9.36. The van der Waals surface area contributed by atoms with E-state index < -0.39 is 0 Å². The van der Waals surface area contributed by atoms with Gasteiger partial charge in [-0.15, -0.1) is 36.2 Å². The molecule has 1 fully saturated rings. The number of pyridine rings is 1. The van der Waals surface area contributed by atoms with Crippen molar-refractivity contribution in [2.75, 3.05) is 19.6 Å². The molecule has 0 amide bonds. The summed E-state index contributed by atoms with van der Waals surface area (Å²) in [6, 6.07) is 2.06. The molecule has 0 saturated carbocycles. The number of aryl methyl sites for hydroxylation is 3. The zero-order valence-electron chi connectivity index (χ0n) is 15.2. The van der Waals surface area contributed by atoms with Crippen LogP contribution in [0.15, 0.2) is 10.9 Å². The molecule has 0 atom stereocenters. The lowest BCUT2D eigenvalue weighted by Crippen LogP contribution is -2.30. The van der Waals surface area contributed by atoms with E-state index in [1.807, 2.05) is 18.4 Å². The lowest BCUT2D eigenvalue weighted by molar-refractivity contribution is 0.319. The highest BCUT2D eigenvalue weighted by molar-refractivity contribution is 7.25. The minimum absolute atomic E-state index is 0. The van der Waals surface area contributed by atoms with Crippen LogP contribution >= 0.6 is 36.2 Å². The summed E-state index contributed by atoms with van der Waals surface area (Å²) in [7, 11) is 0. The summed E-state index contributed by atoms with van der Waals surface area (Å²) in [5.41, 5.74) is 3.03. The normalized spacial score (nSPS) is 14.6. The molecule has 5 nitrogen and oxygen atoms in total. The molecule has 1 saturated heterocycles. The van der Waals surface area contributed by atoms with Crippen molar-refractivity contribution in [2.24, 2.45) is 0 Å². The molecule has 3 aromatic heterocycles. The van der Waals surface area contributed by atoms with E-state index in [1.165, 1.54) is 24.2 Å². The average molecular weight is 415 g/mol. The molecule has 0 radical (unpaired) electrons. The van der Waals surface area contributed by atoms with E-state index in [-0.39, 0.29) is 30.4 Å². The molecule has 0 aromatic carbocycles. The first kappa shape index (κ1) is 21.1. The van der Waals surface area contributed by atoms with Crippen molar-refractivity contribution in [1.29, 1.82) is 0 Å². The Bertz CT molecular complexity index is 992. The van der Waals surface area contributed by atoms with Crippen LogP contribution in [-0.2, 0) is 6.54 Å². The Kier molecular flexibility index (Phi) is 6.66. The van der Waals surface area contributed by atoms with Crippen LogP contribution in [0.1, 0.15) is 29.9 Å². The van der Waals surface area contributed by atoms with E-state index >= 15 is 0 Å². The van der Waals surface area contributed by atoms with Gasteiger partial charge in [-0.25, -0.2) is 9.97 Å². The molecule has 1 aliphatic rings. The Hall–Kier alpha value is -1.21. The Balaban J connectivity index is 0.00000121. The third kappa shape index (κ3) is 3.60. The van der Waals surface area contributed by atoms with Gasteiger partial charge in [0.05, 0.1) is 5.52 Å². The van der Waals surface area contributed by atoms with Crippen LogP contribution in [0.2, 0.25) is 0 Å². The summed E-state index contributed by atoms with van der Waals surface area (Å²) in [6.45, 7) is 9.93. The second-order valence-corrected chi connectivity index (χ2v) is 7.70. The number of halogens is 2. The topological polar surface area (TPSA) is 51.0 Å². The summed E-state index contributed by atoms with van der Waals surface area (Å²) in [5, 5.41) is 1.03. The van der Waals surface area contributed by atoms with Gasteiger partial charge in [0.25, 0.3) is 5.56 Å². The van der Waals surface area contributed by atoms with Gasteiger partial charge in [-0.3, -0.25) is 9.36 Å². The van der Waals surface area contributed by atoms with E-state index in [0.717, 1.165) is 57.1 Å². The first-order chi connectivity index (χ1) is 11.5. The molecule has 0 bridgehead atoms. The molecular formula is C18H24Cl2N4OS. The molecule has 0 spiro atoms. The lowest BCUT2D eigenvalue weighted by Gasteiger charge is -2.16. The molecule has 4 heterocycles. The van der Waals surface area contributed by atoms with Gasteiger partial charge >= 0.3 is 0 Å². The van der Waals surface area contributed by atoms with Crippen LogP contribution in [0.4, 0.5) is 0 Å². The van der Waals surface area contributed by atoms with Crippen LogP contribution in [0.25, 0.3) is 20.4 Å². The van der Waals surface area contributed by atoms with Gasteiger partial charge in [0.15, 0.2) is 0 Å². The average Bonchev–Trinajstić information content (AvgIpc) is 3.14. The smallest absolute Gasteiger partial charge is 0.271 e.